The quantitative estimate of drug-likeness (QED) is 0.725. The predicted molar refractivity (Wildman–Crippen MR) is 106 cm³/mol. The van der Waals surface area contributed by atoms with Crippen LogP contribution in [0.4, 0.5) is 5.82 Å². The van der Waals surface area contributed by atoms with E-state index in [9.17, 15) is 4.79 Å². The summed E-state index contributed by atoms with van der Waals surface area (Å²) in [5.74, 6) is 0.781. The maximum Gasteiger partial charge on any atom is 0.261 e. The molecule has 0 saturated heterocycles. The van der Waals surface area contributed by atoms with Crippen LogP contribution in [0.1, 0.15) is 52.2 Å². The largest absolute Gasteiger partial charge is 0.363 e. The van der Waals surface area contributed by atoms with E-state index in [1.807, 2.05) is 13.8 Å². The number of hydrogen-bond acceptors (Lipinski definition) is 5. The van der Waals surface area contributed by atoms with Crippen molar-refractivity contribution in [2.45, 2.75) is 39.2 Å². The topological polar surface area (TPSA) is 66.9 Å². The molecule has 0 unspecified atom stereocenters. The first kappa shape index (κ1) is 17.0. The average molecular weight is 366 g/mol. The molecule has 0 saturated carbocycles. The maximum atomic E-state index is 12.3. The summed E-state index contributed by atoms with van der Waals surface area (Å²) in [6.07, 6.45) is 4.95. The summed E-state index contributed by atoms with van der Waals surface area (Å²) < 4.78 is 0. The van der Waals surface area contributed by atoms with Crippen LogP contribution >= 0.6 is 11.3 Å². The molecule has 134 valence electrons. The zero-order chi connectivity index (χ0) is 18.1. The number of amides is 1. The third-order valence-corrected chi connectivity index (χ3v) is 6.15. The number of carbonyl (C=O) groups excluding carboxylic acids is 1. The zero-order valence-electron chi connectivity index (χ0n) is 15.0. The van der Waals surface area contributed by atoms with Gasteiger partial charge >= 0.3 is 0 Å². The molecule has 5 nitrogen and oxygen atoms in total. The minimum absolute atomic E-state index is 0.0398. The lowest BCUT2D eigenvalue weighted by Crippen LogP contribution is -2.22. The highest BCUT2D eigenvalue weighted by Crippen LogP contribution is 2.37. The minimum Gasteiger partial charge on any atom is -0.363 e. The van der Waals surface area contributed by atoms with Gasteiger partial charge in [0.2, 0.25) is 0 Å². The zero-order valence-corrected chi connectivity index (χ0v) is 15.8. The second-order valence-corrected chi connectivity index (χ2v) is 7.61. The third-order valence-electron chi connectivity index (χ3n) is 4.95. The molecule has 0 aliphatic heterocycles. The first-order valence-electron chi connectivity index (χ1n) is 9.05. The molecule has 0 radical (unpaired) electrons. The molecule has 6 heteroatoms. The van der Waals surface area contributed by atoms with Crippen LogP contribution in [0.5, 0.6) is 0 Å². The Hall–Kier alpha value is -2.47. The summed E-state index contributed by atoms with van der Waals surface area (Å²) in [6, 6.07) is 8.85. The first-order chi connectivity index (χ1) is 12.7. The van der Waals surface area contributed by atoms with Gasteiger partial charge in [0.15, 0.2) is 0 Å². The van der Waals surface area contributed by atoms with E-state index in [-0.39, 0.29) is 11.9 Å². The summed E-state index contributed by atoms with van der Waals surface area (Å²) in [5, 5.41) is 7.47. The van der Waals surface area contributed by atoms with E-state index in [4.69, 9.17) is 0 Å². The van der Waals surface area contributed by atoms with Crippen molar-refractivity contribution in [1.29, 1.82) is 0 Å². The van der Waals surface area contributed by atoms with Gasteiger partial charge in [0.1, 0.15) is 17.0 Å². The van der Waals surface area contributed by atoms with Gasteiger partial charge in [-0.05, 0) is 49.8 Å². The number of hydrogen-bond donors (Lipinski definition) is 2. The van der Waals surface area contributed by atoms with Crippen LogP contribution in [0.2, 0.25) is 0 Å². The molecular formula is C20H22N4OS. The lowest BCUT2D eigenvalue weighted by molar-refractivity contribution is 0.0959. The van der Waals surface area contributed by atoms with Crippen molar-refractivity contribution in [1.82, 2.24) is 15.3 Å². The van der Waals surface area contributed by atoms with Crippen molar-refractivity contribution >= 4 is 33.3 Å². The van der Waals surface area contributed by atoms with Crippen LogP contribution in [-0.4, -0.2) is 22.4 Å². The van der Waals surface area contributed by atoms with Gasteiger partial charge in [0.25, 0.3) is 5.91 Å². The van der Waals surface area contributed by atoms with E-state index < -0.39 is 0 Å². The Morgan fingerprint density at radius 2 is 2.15 bits per heavy atom. The summed E-state index contributed by atoms with van der Waals surface area (Å²) in [6.45, 7) is 4.52. The number of fused-ring (bicyclic) bond motifs is 2. The highest BCUT2D eigenvalue weighted by Gasteiger charge is 2.23. The van der Waals surface area contributed by atoms with Crippen molar-refractivity contribution in [2.24, 2.45) is 0 Å². The summed E-state index contributed by atoms with van der Waals surface area (Å²) in [4.78, 5) is 22.8. The molecule has 2 heterocycles. The predicted octanol–water partition coefficient (Wildman–Crippen LogP) is 4.24. The summed E-state index contributed by atoms with van der Waals surface area (Å²) >= 11 is 1.43. The van der Waals surface area contributed by atoms with E-state index in [0.717, 1.165) is 45.7 Å². The van der Waals surface area contributed by atoms with Crippen molar-refractivity contribution in [2.75, 3.05) is 11.9 Å². The van der Waals surface area contributed by atoms with Gasteiger partial charge < -0.3 is 10.6 Å². The molecule has 3 aromatic rings. The molecule has 4 rings (SSSR count). The number of carbonyl (C=O) groups is 1. The highest BCUT2D eigenvalue weighted by atomic mass is 32.1. The number of thiophene rings is 1. The van der Waals surface area contributed by atoms with Gasteiger partial charge in [-0.15, -0.1) is 11.3 Å². The maximum absolute atomic E-state index is 12.3. The smallest absolute Gasteiger partial charge is 0.261 e. The van der Waals surface area contributed by atoms with Crippen LogP contribution < -0.4 is 10.6 Å². The number of rotatable bonds is 4. The first-order valence-corrected chi connectivity index (χ1v) is 9.87. The second kappa shape index (κ2) is 7.03. The Bertz CT molecular complexity index is 966. The van der Waals surface area contributed by atoms with E-state index in [1.54, 1.807) is 6.33 Å². The molecule has 2 aromatic heterocycles. The van der Waals surface area contributed by atoms with Crippen LogP contribution in [0.3, 0.4) is 0 Å². The number of aromatic nitrogens is 2. The molecule has 1 aromatic carbocycles. The van der Waals surface area contributed by atoms with Crippen LogP contribution in [0, 0.1) is 6.92 Å². The van der Waals surface area contributed by atoms with Gasteiger partial charge in [0, 0.05) is 6.54 Å². The van der Waals surface area contributed by atoms with E-state index in [1.165, 1.54) is 22.5 Å². The highest BCUT2D eigenvalue weighted by molar-refractivity contribution is 7.20. The van der Waals surface area contributed by atoms with Gasteiger partial charge in [-0.3, -0.25) is 4.79 Å². The third kappa shape index (κ3) is 2.94. The average Bonchev–Trinajstić information content (AvgIpc) is 3.00. The van der Waals surface area contributed by atoms with E-state index in [2.05, 4.69) is 44.9 Å². The van der Waals surface area contributed by atoms with Gasteiger partial charge in [-0.1, -0.05) is 24.3 Å². The normalized spacial score (nSPS) is 16.3. The van der Waals surface area contributed by atoms with Gasteiger partial charge in [-0.25, -0.2) is 9.97 Å². The molecule has 1 atom stereocenters. The number of nitrogens with zero attached hydrogens (tertiary/aromatic N) is 2. The number of aryl methyl sites for hydroxylation is 2. The standard InChI is InChI=1S/C20H22N4OS/c1-3-21-19(25)17-12(2)16-18(22-11-23-20(16)26-17)24-15-10-6-8-13-7-4-5-9-14(13)15/h4-5,7,9,11,15H,3,6,8,10H2,1-2H3,(H,21,25)(H,22,23,24)/t15-/m0/s1. The van der Waals surface area contributed by atoms with Crippen molar-refractivity contribution in [3.63, 3.8) is 0 Å². The molecule has 0 fully saturated rings. The van der Waals surface area contributed by atoms with E-state index in [0.29, 0.717) is 6.54 Å². The van der Waals surface area contributed by atoms with Crippen LogP contribution in [0.15, 0.2) is 30.6 Å². The fourth-order valence-corrected chi connectivity index (χ4v) is 4.77. The van der Waals surface area contributed by atoms with E-state index >= 15 is 0 Å². The Kier molecular flexibility index (Phi) is 4.59. The van der Waals surface area contributed by atoms with Crippen molar-refractivity contribution < 1.29 is 4.79 Å². The Balaban J connectivity index is 1.73. The fourth-order valence-electron chi connectivity index (χ4n) is 3.71. The number of anilines is 1. The molecule has 1 amide bonds. The molecular weight excluding hydrogens is 344 g/mol. The van der Waals surface area contributed by atoms with Crippen LogP contribution in [-0.2, 0) is 6.42 Å². The van der Waals surface area contributed by atoms with Gasteiger partial charge in [-0.2, -0.15) is 0 Å². The minimum atomic E-state index is -0.0398. The lowest BCUT2D eigenvalue weighted by atomic mass is 9.87. The second-order valence-electron chi connectivity index (χ2n) is 6.61. The molecule has 0 bridgehead atoms. The molecule has 1 aliphatic rings. The lowest BCUT2D eigenvalue weighted by Gasteiger charge is -2.27. The molecule has 26 heavy (non-hydrogen) atoms. The Morgan fingerprint density at radius 1 is 1.31 bits per heavy atom. The SMILES string of the molecule is CCNC(=O)c1sc2ncnc(N[C@H]3CCCc4ccccc43)c2c1C. The van der Waals surface area contributed by atoms with Gasteiger partial charge in [0.05, 0.1) is 16.3 Å². The van der Waals surface area contributed by atoms with Crippen LogP contribution in [0.25, 0.3) is 10.2 Å². The number of benzene rings is 1. The molecule has 2 N–H and O–H groups in total. The summed E-state index contributed by atoms with van der Waals surface area (Å²) in [7, 11) is 0. The fraction of sp³-hybridized carbons (Fsp3) is 0.350. The Morgan fingerprint density at radius 3 is 3.00 bits per heavy atom. The molecule has 1 aliphatic carbocycles. The number of nitrogens with one attached hydrogen (secondary N) is 2. The monoisotopic (exact) mass is 366 g/mol. The molecule has 0 spiro atoms. The van der Waals surface area contributed by atoms with Crippen molar-refractivity contribution in [3.05, 3.63) is 52.2 Å². The van der Waals surface area contributed by atoms with Crippen molar-refractivity contribution in [3.8, 4) is 0 Å². The Labute approximate surface area is 156 Å². The summed E-state index contributed by atoms with van der Waals surface area (Å²) in [5.41, 5.74) is 3.71.